The summed E-state index contributed by atoms with van der Waals surface area (Å²) in [5.41, 5.74) is -0.513. The van der Waals surface area contributed by atoms with Crippen molar-refractivity contribution in [3.05, 3.63) is 11.2 Å². The van der Waals surface area contributed by atoms with E-state index in [1.54, 1.807) is 13.8 Å². The third kappa shape index (κ3) is 5.22. The lowest BCUT2D eigenvalue weighted by Crippen LogP contribution is -2.52. The lowest BCUT2D eigenvalue weighted by molar-refractivity contribution is -0.235. The summed E-state index contributed by atoms with van der Waals surface area (Å²) < 4.78 is 30.1. The maximum Gasteiger partial charge on any atom is 0.228 e. The molecule has 1 aliphatic rings. The van der Waals surface area contributed by atoms with Gasteiger partial charge in [-0.15, -0.1) is 0 Å². The van der Waals surface area contributed by atoms with Crippen molar-refractivity contribution in [1.82, 2.24) is 4.84 Å². The molecule has 22 heavy (non-hydrogen) atoms. The van der Waals surface area contributed by atoms with E-state index in [-0.39, 0.29) is 11.5 Å². The summed E-state index contributed by atoms with van der Waals surface area (Å²) in [6.07, 6.45) is -5.44. The van der Waals surface area contributed by atoms with E-state index in [0.717, 1.165) is 5.41 Å². The van der Waals surface area contributed by atoms with Crippen molar-refractivity contribution in [2.24, 2.45) is 0 Å². The molecule has 8 nitrogen and oxygen atoms in total. The second kappa shape index (κ2) is 7.65. The molecular weight excluding hydrogens is 338 g/mol. The van der Waals surface area contributed by atoms with Crippen LogP contribution in [-0.2, 0) is 9.47 Å². The van der Waals surface area contributed by atoms with Crippen molar-refractivity contribution < 1.29 is 33.9 Å². The fourth-order valence-electron chi connectivity index (χ4n) is 1.77. The highest BCUT2D eigenvalue weighted by molar-refractivity contribution is 8.26. The second-order valence-corrected chi connectivity index (χ2v) is 8.09. The molecule has 0 aromatic carbocycles. The first kappa shape index (κ1) is 19.9. The van der Waals surface area contributed by atoms with Gasteiger partial charge in [-0.05, 0) is 32.0 Å². The van der Waals surface area contributed by atoms with Gasteiger partial charge in [0, 0.05) is 18.4 Å². The molecule has 0 aromatic heterocycles. The minimum Gasteiger partial charge on any atom is -0.462 e. The van der Waals surface area contributed by atoms with E-state index in [9.17, 15) is 24.4 Å². The number of aliphatic hydroxyl groups excluding tert-OH is 3. The monoisotopic (exact) mass is 361 g/mol. The summed E-state index contributed by atoms with van der Waals surface area (Å²) in [5, 5.41) is 30.2. The summed E-state index contributed by atoms with van der Waals surface area (Å²) in [6.45, 7) is 3.57. The fourth-order valence-corrected chi connectivity index (χ4v) is 3.36. The van der Waals surface area contributed by atoms with Gasteiger partial charge in [0.25, 0.3) is 0 Å². The third-order valence-corrected chi connectivity index (χ3v) is 5.24. The van der Waals surface area contributed by atoms with Crippen LogP contribution in [0.3, 0.4) is 0 Å². The van der Waals surface area contributed by atoms with Gasteiger partial charge in [0.1, 0.15) is 24.1 Å². The minimum atomic E-state index is -3.22. The molecule has 132 valence electrons. The number of hydrogen-bond acceptors (Lipinski definition) is 8. The zero-order valence-corrected chi connectivity index (χ0v) is 14.2. The Bertz CT molecular complexity index is 405. The highest BCUT2D eigenvalue weighted by atomic mass is 35.5. The Morgan fingerprint density at radius 1 is 1.32 bits per heavy atom. The number of nitrogens with one attached hydrogen (secondary N) is 1. The van der Waals surface area contributed by atoms with Crippen molar-refractivity contribution in [2.75, 3.05) is 12.9 Å². The van der Waals surface area contributed by atoms with Crippen LogP contribution in [0, 0.1) is 0 Å². The topological polar surface area (TPSA) is 132 Å². The number of halogens is 1. The fraction of sp³-hybridized carbons (Fsp3) is 0.833. The number of aliphatic hydroxyl groups is 3. The van der Waals surface area contributed by atoms with Crippen LogP contribution >= 0.6 is 22.4 Å². The molecule has 6 N–H and O–H groups in total. The minimum absolute atomic E-state index is 0.0183. The molecule has 0 bridgehead atoms. The molecule has 1 saturated heterocycles. The van der Waals surface area contributed by atoms with E-state index >= 15 is 0 Å². The van der Waals surface area contributed by atoms with Crippen LogP contribution in [0.15, 0.2) is 11.2 Å². The van der Waals surface area contributed by atoms with E-state index in [1.807, 2.05) is 0 Å². The molecule has 1 aliphatic heterocycles. The van der Waals surface area contributed by atoms with E-state index in [2.05, 4.69) is 4.84 Å². The normalized spacial score (nSPS) is 32.9. The Labute approximate surface area is 136 Å². The molecular formula is C12H24ClNO7S. The quantitative estimate of drug-likeness (QED) is 0.378. The summed E-state index contributed by atoms with van der Waals surface area (Å²) in [7, 11) is -1.97. The molecule has 4 unspecified atom stereocenters. The average Bonchev–Trinajstić information content (AvgIpc) is 2.46. The first-order chi connectivity index (χ1) is 10.0. The van der Waals surface area contributed by atoms with Crippen LogP contribution < -0.4 is 4.84 Å². The van der Waals surface area contributed by atoms with Crippen molar-refractivity contribution in [3.63, 3.8) is 0 Å². The maximum absolute atomic E-state index is 10.1. The van der Waals surface area contributed by atoms with E-state index in [4.69, 9.17) is 21.3 Å². The molecule has 0 aromatic rings. The van der Waals surface area contributed by atoms with Gasteiger partial charge in [-0.3, -0.25) is 9.11 Å². The van der Waals surface area contributed by atoms with Gasteiger partial charge in [-0.2, -0.15) is 10.6 Å². The van der Waals surface area contributed by atoms with Crippen LogP contribution in [-0.4, -0.2) is 67.4 Å². The zero-order chi connectivity index (χ0) is 17.1. The van der Waals surface area contributed by atoms with Gasteiger partial charge in [0.2, 0.25) is 6.29 Å². The van der Waals surface area contributed by atoms with Crippen LogP contribution in [0.25, 0.3) is 0 Å². The van der Waals surface area contributed by atoms with Crippen LogP contribution in [0.5, 0.6) is 0 Å². The molecule has 0 radical (unpaired) electrons. The Kier molecular flexibility index (Phi) is 6.93. The number of hydrogen-bond donors (Lipinski definition) is 6. The van der Waals surface area contributed by atoms with Crippen molar-refractivity contribution >= 4 is 22.4 Å². The molecule has 4 atom stereocenters. The predicted octanol–water partition coefficient (Wildman–Crippen LogP) is 0.576. The first-order valence-electron chi connectivity index (χ1n) is 6.62. The number of rotatable bonds is 6. The highest BCUT2D eigenvalue weighted by Gasteiger charge is 2.42. The van der Waals surface area contributed by atoms with Crippen LogP contribution in [0.1, 0.15) is 20.3 Å². The van der Waals surface area contributed by atoms with E-state index < -0.39 is 40.7 Å². The Morgan fingerprint density at radius 2 is 1.91 bits per heavy atom. The van der Waals surface area contributed by atoms with Gasteiger partial charge >= 0.3 is 0 Å². The molecule has 0 spiro atoms. The number of methoxy groups -OCH3 is 1. The summed E-state index contributed by atoms with van der Waals surface area (Å²) in [4.78, 5) is 2.52. The largest absolute Gasteiger partial charge is 0.462 e. The molecule has 0 amide bonds. The average molecular weight is 362 g/mol. The zero-order valence-electron chi connectivity index (χ0n) is 12.6. The standard InChI is InChI=1S/C12H24ClNO7S/c1-12(2,14-13)4-5-22(18,19)6-7-8(15)9(16)10(17)11(20-3)21-7/h6,8-11,14-19H,4-5H2,1-3H3/b7-6+. The Morgan fingerprint density at radius 3 is 2.41 bits per heavy atom. The molecule has 1 heterocycles. The maximum atomic E-state index is 10.1. The molecule has 0 saturated carbocycles. The summed E-state index contributed by atoms with van der Waals surface area (Å²) in [6, 6.07) is 0. The van der Waals surface area contributed by atoms with Gasteiger partial charge in [0.15, 0.2) is 0 Å². The lowest BCUT2D eigenvalue weighted by Gasteiger charge is -2.39. The molecule has 1 fully saturated rings. The van der Waals surface area contributed by atoms with E-state index in [0.29, 0.717) is 6.42 Å². The van der Waals surface area contributed by atoms with Crippen LogP contribution in [0.4, 0.5) is 0 Å². The van der Waals surface area contributed by atoms with Crippen molar-refractivity contribution in [2.45, 2.75) is 50.4 Å². The molecule has 0 aliphatic carbocycles. The Balaban J connectivity index is 2.84. The summed E-state index contributed by atoms with van der Waals surface area (Å²) >= 11 is 5.55. The van der Waals surface area contributed by atoms with Gasteiger partial charge in [0.05, 0.1) is 5.41 Å². The Hall–Kier alpha value is -0.100. The van der Waals surface area contributed by atoms with Gasteiger partial charge in [-0.1, -0.05) is 0 Å². The van der Waals surface area contributed by atoms with Crippen LogP contribution in [0.2, 0.25) is 0 Å². The van der Waals surface area contributed by atoms with Gasteiger partial charge in [-0.25, -0.2) is 4.84 Å². The smallest absolute Gasteiger partial charge is 0.228 e. The highest BCUT2D eigenvalue weighted by Crippen LogP contribution is 2.44. The summed E-state index contributed by atoms with van der Waals surface area (Å²) in [5.74, 6) is -0.267. The van der Waals surface area contributed by atoms with E-state index in [1.165, 1.54) is 7.11 Å². The lowest BCUT2D eigenvalue weighted by atomic mass is 10.0. The SMILES string of the molecule is COC1O/C(=C/S(O)(O)CCC(C)(C)NCl)C(O)C(O)C1O. The molecule has 10 heteroatoms. The predicted molar refractivity (Wildman–Crippen MR) is 83.4 cm³/mol. The molecule has 1 rings (SSSR count). The van der Waals surface area contributed by atoms with Gasteiger partial charge < -0.3 is 24.8 Å². The van der Waals surface area contributed by atoms with Crippen molar-refractivity contribution in [1.29, 1.82) is 0 Å². The number of ether oxygens (including phenoxy) is 2. The first-order valence-corrected chi connectivity index (χ1v) is 8.77. The third-order valence-electron chi connectivity index (χ3n) is 3.32. The van der Waals surface area contributed by atoms with Crippen molar-refractivity contribution in [3.8, 4) is 0 Å². The second-order valence-electron chi connectivity index (χ2n) is 5.82.